The molecule has 1 aromatic carbocycles. The summed E-state index contributed by atoms with van der Waals surface area (Å²) in [6, 6.07) is 3.63. The highest BCUT2D eigenvalue weighted by Crippen LogP contribution is 2.32. The molecule has 0 aliphatic carbocycles. The minimum atomic E-state index is 0.718. The van der Waals surface area contributed by atoms with E-state index in [1.807, 2.05) is 26.0 Å². The Labute approximate surface area is 86.7 Å². The Bertz CT molecular complexity index is 471. The number of aryl methyl sites for hydroxylation is 2. The van der Waals surface area contributed by atoms with Crippen LogP contribution >= 0.6 is 23.2 Å². The van der Waals surface area contributed by atoms with E-state index >= 15 is 0 Å². The van der Waals surface area contributed by atoms with Gasteiger partial charge in [0.1, 0.15) is 0 Å². The molecule has 1 heterocycles. The summed E-state index contributed by atoms with van der Waals surface area (Å²) in [5.41, 5.74) is 3.22. The molecule has 1 nitrogen and oxygen atoms in total. The summed E-state index contributed by atoms with van der Waals surface area (Å²) in [4.78, 5) is 3.22. The maximum Gasteiger partial charge on any atom is 0.0663 e. The smallest absolute Gasteiger partial charge is 0.0663 e. The minimum absolute atomic E-state index is 0.718. The van der Waals surface area contributed by atoms with Crippen LogP contribution in [-0.2, 0) is 0 Å². The Balaban J connectivity index is 3.00. The highest BCUT2D eigenvalue weighted by molar-refractivity contribution is 6.40. The predicted molar refractivity (Wildman–Crippen MR) is 57.8 cm³/mol. The second-order valence-corrected chi connectivity index (χ2v) is 3.97. The predicted octanol–water partition coefficient (Wildman–Crippen LogP) is 4.09. The van der Waals surface area contributed by atoms with Crippen LogP contribution in [0, 0.1) is 13.8 Å². The van der Waals surface area contributed by atoms with Crippen molar-refractivity contribution < 1.29 is 0 Å². The summed E-state index contributed by atoms with van der Waals surface area (Å²) in [6.07, 6.45) is 0. The number of nitrogens with one attached hydrogen (secondary N) is 1. The topological polar surface area (TPSA) is 15.8 Å². The molecule has 0 aliphatic heterocycles. The largest absolute Gasteiger partial charge is 0.357 e. The molecule has 2 aromatic rings. The first-order valence-corrected chi connectivity index (χ1v) is 4.79. The van der Waals surface area contributed by atoms with Gasteiger partial charge in [0, 0.05) is 11.1 Å². The fourth-order valence-corrected chi connectivity index (χ4v) is 2.01. The van der Waals surface area contributed by atoms with Gasteiger partial charge in [0.2, 0.25) is 0 Å². The van der Waals surface area contributed by atoms with Crippen molar-refractivity contribution in [2.45, 2.75) is 13.8 Å². The lowest BCUT2D eigenvalue weighted by atomic mass is 10.1. The van der Waals surface area contributed by atoms with E-state index in [2.05, 4.69) is 4.98 Å². The first-order valence-electron chi connectivity index (χ1n) is 4.04. The van der Waals surface area contributed by atoms with Gasteiger partial charge in [-0.3, -0.25) is 0 Å². The summed E-state index contributed by atoms with van der Waals surface area (Å²) < 4.78 is 0. The zero-order valence-electron chi connectivity index (χ0n) is 7.41. The van der Waals surface area contributed by atoms with E-state index in [9.17, 15) is 0 Å². The number of aromatic amines is 1. The van der Waals surface area contributed by atoms with Crippen molar-refractivity contribution in [1.29, 1.82) is 0 Å². The van der Waals surface area contributed by atoms with Gasteiger partial charge in [-0.2, -0.15) is 0 Å². The van der Waals surface area contributed by atoms with Crippen LogP contribution in [0.4, 0.5) is 0 Å². The summed E-state index contributed by atoms with van der Waals surface area (Å²) in [5.74, 6) is 0. The molecule has 0 atom stereocenters. The molecule has 0 fully saturated rings. The number of fused-ring (bicyclic) bond motifs is 1. The standard InChI is InChI=1S/C10H9Cl2N/c1-5-6(2)13-10-8(12)4-3-7(11)9(5)10/h3-4,13H,1-2H3. The Kier molecular flexibility index (Phi) is 2.01. The molecule has 13 heavy (non-hydrogen) atoms. The lowest BCUT2D eigenvalue weighted by Gasteiger charge is -1.97. The SMILES string of the molecule is Cc1[nH]c2c(Cl)ccc(Cl)c2c1C. The molecular weight excluding hydrogens is 205 g/mol. The van der Waals surface area contributed by atoms with E-state index in [4.69, 9.17) is 23.2 Å². The van der Waals surface area contributed by atoms with Gasteiger partial charge in [-0.15, -0.1) is 0 Å². The van der Waals surface area contributed by atoms with Crippen molar-refractivity contribution in [3.05, 3.63) is 33.4 Å². The van der Waals surface area contributed by atoms with Crippen molar-refractivity contribution >= 4 is 34.1 Å². The molecule has 68 valence electrons. The monoisotopic (exact) mass is 213 g/mol. The summed E-state index contributed by atoms with van der Waals surface area (Å²) in [5, 5.41) is 2.50. The molecule has 0 aliphatic rings. The summed E-state index contributed by atoms with van der Waals surface area (Å²) in [7, 11) is 0. The van der Waals surface area contributed by atoms with Crippen LogP contribution < -0.4 is 0 Å². The molecule has 0 unspecified atom stereocenters. The van der Waals surface area contributed by atoms with Crippen LogP contribution in [0.1, 0.15) is 11.3 Å². The number of halogens is 2. The van der Waals surface area contributed by atoms with E-state index in [-0.39, 0.29) is 0 Å². The zero-order chi connectivity index (χ0) is 9.59. The van der Waals surface area contributed by atoms with Gasteiger partial charge in [-0.05, 0) is 31.5 Å². The number of H-pyrrole nitrogens is 1. The van der Waals surface area contributed by atoms with Gasteiger partial charge >= 0.3 is 0 Å². The second kappa shape index (κ2) is 2.93. The quantitative estimate of drug-likeness (QED) is 0.679. The van der Waals surface area contributed by atoms with Gasteiger partial charge in [0.15, 0.2) is 0 Å². The molecule has 0 radical (unpaired) electrons. The fraction of sp³-hybridized carbons (Fsp3) is 0.200. The van der Waals surface area contributed by atoms with E-state index < -0.39 is 0 Å². The van der Waals surface area contributed by atoms with Gasteiger partial charge < -0.3 is 4.98 Å². The number of hydrogen-bond donors (Lipinski definition) is 1. The van der Waals surface area contributed by atoms with Gasteiger partial charge in [-0.25, -0.2) is 0 Å². The minimum Gasteiger partial charge on any atom is -0.357 e. The average molecular weight is 214 g/mol. The summed E-state index contributed by atoms with van der Waals surface area (Å²) >= 11 is 12.1. The van der Waals surface area contributed by atoms with Crippen molar-refractivity contribution in [1.82, 2.24) is 4.98 Å². The lowest BCUT2D eigenvalue weighted by Crippen LogP contribution is -1.73. The van der Waals surface area contributed by atoms with Crippen molar-refractivity contribution in [3.63, 3.8) is 0 Å². The number of rotatable bonds is 0. The number of aromatic nitrogens is 1. The number of hydrogen-bond acceptors (Lipinski definition) is 0. The van der Waals surface area contributed by atoms with Crippen LogP contribution in [0.3, 0.4) is 0 Å². The fourth-order valence-electron chi connectivity index (χ4n) is 1.51. The van der Waals surface area contributed by atoms with Crippen LogP contribution in [0.15, 0.2) is 12.1 Å². The van der Waals surface area contributed by atoms with E-state index in [0.717, 1.165) is 26.6 Å². The maximum atomic E-state index is 6.07. The van der Waals surface area contributed by atoms with Crippen LogP contribution in [0.2, 0.25) is 10.0 Å². The molecule has 0 saturated carbocycles. The van der Waals surface area contributed by atoms with E-state index in [1.165, 1.54) is 5.56 Å². The van der Waals surface area contributed by atoms with Gasteiger partial charge in [-0.1, -0.05) is 23.2 Å². The van der Waals surface area contributed by atoms with Gasteiger partial charge in [0.25, 0.3) is 0 Å². The first-order chi connectivity index (χ1) is 6.11. The first kappa shape index (κ1) is 8.92. The van der Waals surface area contributed by atoms with Crippen LogP contribution in [-0.4, -0.2) is 4.98 Å². The normalized spacial score (nSPS) is 11.1. The van der Waals surface area contributed by atoms with Crippen LogP contribution in [0.5, 0.6) is 0 Å². The molecule has 0 saturated heterocycles. The second-order valence-electron chi connectivity index (χ2n) is 3.15. The number of benzene rings is 1. The third-order valence-corrected chi connectivity index (χ3v) is 2.98. The molecule has 0 spiro atoms. The molecule has 1 N–H and O–H groups in total. The molecule has 0 bridgehead atoms. The van der Waals surface area contributed by atoms with Crippen molar-refractivity contribution in [2.75, 3.05) is 0 Å². The average Bonchev–Trinajstić information content (AvgIpc) is 2.38. The van der Waals surface area contributed by atoms with E-state index in [0.29, 0.717) is 0 Å². The van der Waals surface area contributed by atoms with E-state index in [1.54, 1.807) is 0 Å². The van der Waals surface area contributed by atoms with Crippen molar-refractivity contribution in [3.8, 4) is 0 Å². The lowest BCUT2D eigenvalue weighted by molar-refractivity contribution is 1.25. The Hall–Kier alpha value is -0.660. The molecular formula is C10H9Cl2N. The van der Waals surface area contributed by atoms with Crippen molar-refractivity contribution in [2.24, 2.45) is 0 Å². The van der Waals surface area contributed by atoms with Crippen LogP contribution in [0.25, 0.3) is 10.9 Å². The molecule has 3 heteroatoms. The third kappa shape index (κ3) is 1.23. The molecule has 2 rings (SSSR count). The highest BCUT2D eigenvalue weighted by Gasteiger charge is 2.09. The zero-order valence-corrected chi connectivity index (χ0v) is 8.92. The Morgan fingerprint density at radius 1 is 1.08 bits per heavy atom. The third-order valence-electron chi connectivity index (χ3n) is 2.35. The molecule has 1 aromatic heterocycles. The van der Waals surface area contributed by atoms with Gasteiger partial charge in [0.05, 0.1) is 15.6 Å². The Morgan fingerprint density at radius 3 is 2.31 bits per heavy atom. The molecule has 0 amide bonds. The Morgan fingerprint density at radius 2 is 1.69 bits per heavy atom. The maximum absolute atomic E-state index is 6.07. The highest BCUT2D eigenvalue weighted by atomic mass is 35.5. The summed E-state index contributed by atoms with van der Waals surface area (Å²) in [6.45, 7) is 4.05.